The number of likely N-dealkylation sites (tertiary alicyclic amines) is 1. The Morgan fingerprint density at radius 2 is 1.79 bits per heavy atom. The molecule has 2 bridgehead atoms. The van der Waals surface area contributed by atoms with Crippen molar-refractivity contribution in [1.29, 1.82) is 0 Å². The standard InChI is InChI=1S/C22H29N3O4/c26-20(13-23-7-9-27-10-8-23)25-12-17(16-1-2-18-19(11-16)29-14-28-18)22-21(25)15-3-5-24(22)6-4-15/h1-2,11,15,17,21-22H,3-10,12-14H2/t17-,21+,22+/m1/s1. The molecule has 0 N–H and O–H groups in total. The highest BCUT2D eigenvalue weighted by atomic mass is 16.7. The third-order valence-electron chi connectivity index (χ3n) is 7.60. The van der Waals surface area contributed by atoms with E-state index < -0.39 is 0 Å². The molecule has 7 nitrogen and oxygen atoms in total. The largest absolute Gasteiger partial charge is 0.454 e. The molecule has 0 spiro atoms. The van der Waals surface area contributed by atoms with Gasteiger partial charge in [-0.15, -0.1) is 0 Å². The Balaban J connectivity index is 1.28. The molecular formula is C22H29N3O4. The number of hydrogen-bond acceptors (Lipinski definition) is 6. The molecule has 0 radical (unpaired) electrons. The number of morpholine rings is 1. The number of ether oxygens (including phenoxy) is 3. The quantitative estimate of drug-likeness (QED) is 0.760. The molecule has 5 fully saturated rings. The summed E-state index contributed by atoms with van der Waals surface area (Å²) >= 11 is 0. The predicted molar refractivity (Wildman–Crippen MR) is 106 cm³/mol. The Morgan fingerprint density at radius 1 is 1.00 bits per heavy atom. The summed E-state index contributed by atoms with van der Waals surface area (Å²) in [5.41, 5.74) is 1.28. The summed E-state index contributed by atoms with van der Waals surface area (Å²) < 4.78 is 16.6. The molecule has 0 unspecified atom stereocenters. The zero-order valence-electron chi connectivity index (χ0n) is 16.8. The SMILES string of the molecule is O=C(CN1CCOCC1)N1C[C@H](c2ccc3c(c2)OCO3)[C@H]2[C@@H]1C1CCN2CC1. The minimum Gasteiger partial charge on any atom is -0.454 e. The monoisotopic (exact) mass is 399 g/mol. The highest BCUT2D eigenvalue weighted by Gasteiger charge is 2.54. The molecule has 0 saturated carbocycles. The fraction of sp³-hybridized carbons (Fsp3) is 0.682. The van der Waals surface area contributed by atoms with E-state index in [0.717, 1.165) is 44.3 Å². The maximum atomic E-state index is 13.4. The van der Waals surface area contributed by atoms with Crippen molar-refractivity contribution in [2.75, 3.05) is 59.3 Å². The van der Waals surface area contributed by atoms with Gasteiger partial charge in [0.1, 0.15) is 0 Å². The van der Waals surface area contributed by atoms with Crippen molar-refractivity contribution in [2.24, 2.45) is 5.92 Å². The molecule has 6 aliphatic rings. The topological polar surface area (TPSA) is 54.5 Å². The Morgan fingerprint density at radius 3 is 2.62 bits per heavy atom. The first kappa shape index (κ1) is 18.0. The van der Waals surface area contributed by atoms with E-state index in [1.807, 2.05) is 6.07 Å². The van der Waals surface area contributed by atoms with E-state index in [1.54, 1.807) is 0 Å². The number of fused-ring (bicyclic) bond motifs is 3. The van der Waals surface area contributed by atoms with Crippen LogP contribution in [0.25, 0.3) is 0 Å². The number of hydrogen-bond donors (Lipinski definition) is 0. The van der Waals surface area contributed by atoms with E-state index >= 15 is 0 Å². The molecule has 7 rings (SSSR count). The highest BCUT2D eigenvalue weighted by Crippen LogP contribution is 2.47. The average molecular weight is 399 g/mol. The number of amides is 1. The Hall–Kier alpha value is -1.83. The zero-order valence-corrected chi connectivity index (χ0v) is 16.8. The van der Waals surface area contributed by atoms with Gasteiger partial charge in [0, 0.05) is 31.6 Å². The van der Waals surface area contributed by atoms with Gasteiger partial charge in [-0.1, -0.05) is 6.07 Å². The van der Waals surface area contributed by atoms with Crippen LogP contribution in [0.15, 0.2) is 18.2 Å². The Bertz CT molecular complexity index is 788. The maximum Gasteiger partial charge on any atom is 0.237 e. The van der Waals surface area contributed by atoms with Gasteiger partial charge in [-0.25, -0.2) is 0 Å². The van der Waals surface area contributed by atoms with Gasteiger partial charge in [-0.2, -0.15) is 0 Å². The van der Waals surface area contributed by atoms with Crippen LogP contribution in [0, 0.1) is 5.92 Å². The summed E-state index contributed by atoms with van der Waals surface area (Å²) in [6.07, 6.45) is 2.44. The third-order valence-corrected chi connectivity index (χ3v) is 7.60. The molecule has 0 aromatic heterocycles. The van der Waals surface area contributed by atoms with Crippen LogP contribution in [-0.4, -0.2) is 92.0 Å². The van der Waals surface area contributed by atoms with E-state index in [9.17, 15) is 4.79 Å². The van der Waals surface area contributed by atoms with Crippen LogP contribution in [0.1, 0.15) is 24.3 Å². The fourth-order valence-corrected chi connectivity index (χ4v) is 6.18. The molecular weight excluding hydrogens is 370 g/mol. The second kappa shape index (κ2) is 7.15. The van der Waals surface area contributed by atoms with Gasteiger partial charge in [0.25, 0.3) is 0 Å². The first-order chi connectivity index (χ1) is 14.3. The van der Waals surface area contributed by atoms with Gasteiger partial charge < -0.3 is 19.1 Å². The highest BCUT2D eigenvalue weighted by molar-refractivity contribution is 5.79. The summed E-state index contributed by atoms with van der Waals surface area (Å²) in [4.78, 5) is 20.5. The Labute approximate surface area is 171 Å². The van der Waals surface area contributed by atoms with E-state index in [4.69, 9.17) is 14.2 Å². The number of rotatable bonds is 3. The van der Waals surface area contributed by atoms with Crippen molar-refractivity contribution in [3.8, 4) is 11.5 Å². The molecule has 5 saturated heterocycles. The molecule has 7 heteroatoms. The van der Waals surface area contributed by atoms with Crippen LogP contribution < -0.4 is 9.47 Å². The van der Waals surface area contributed by atoms with E-state index in [-0.39, 0.29) is 0 Å². The first-order valence-corrected chi connectivity index (χ1v) is 11.0. The normalized spacial score (nSPS) is 35.7. The molecule has 3 atom stereocenters. The van der Waals surface area contributed by atoms with Crippen molar-refractivity contribution in [3.63, 3.8) is 0 Å². The summed E-state index contributed by atoms with van der Waals surface area (Å²) in [6.45, 7) is 7.14. The number of nitrogens with zero attached hydrogens (tertiary/aromatic N) is 3. The molecule has 0 aliphatic carbocycles. The van der Waals surface area contributed by atoms with Crippen LogP contribution >= 0.6 is 0 Å². The van der Waals surface area contributed by atoms with Crippen molar-refractivity contribution in [2.45, 2.75) is 30.8 Å². The van der Waals surface area contributed by atoms with Gasteiger partial charge in [-0.3, -0.25) is 14.6 Å². The van der Waals surface area contributed by atoms with E-state index in [0.29, 0.717) is 43.2 Å². The van der Waals surface area contributed by atoms with Gasteiger partial charge in [0.05, 0.1) is 25.8 Å². The van der Waals surface area contributed by atoms with Crippen LogP contribution in [0.4, 0.5) is 0 Å². The van der Waals surface area contributed by atoms with Crippen molar-refractivity contribution < 1.29 is 19.0 Å². The van der Waals surface area contributed by atoms with Crippen LogP contribution in [0.5, 0.6) is 11.5 Å². The minimum absolute atomic E-state index is 0.291. The van der Waals surface area contributed by atoms with Crippen LogP contribution in [0.2, 0.25) is 0 Å². The second-order valence-electron chi connectivity index (χ2n) is 9.01. The third kappa shape index (κ3) is 3.02. The molecule has 1 aromatic carbocycles. The summed E-state index contributed by atoms with van der Waals surface area (Å²) in [7, 11) is 0. The lowest BCUT2D eigenvalue weighted by molar-refractivity contribution is -0.138. The van der Waals surface area contributed by atoms with Gasteiger partial charge in [0.2, 0.25) is 12.7 Å². The summed E-state index contributed by atoms with van der Waals surface area (Å²) in [5.74, 6) is 2.94. The Kier molecular flexibility index (Phi) is 4.43. The number of benzene rings is 1. The molecule has 6 heterocycles. The molecule has 6 aliphatic heterocycles. The smallest absolute Gasteiger partial charge is 0.237 e. The lowest BCUT2D eigenvalue weighted by Gasteiger charge is -2.51. The molecule has 29 heavy (non-hydrogen) atoms. The molecule has 1 amide bonds. The first-order valence-electron chi connectivity index (χ1n) is 11.0. The lowest BCUT2D eigenvalue weighted by Crippen LogP contribution is -2.61. The lowest BCUT2D eigenvalue weighted by atomic mass is 9.75. The van der Waals surface area contributed by atoms with Gasteiger partial charge in [0.15, 0.2) is 11.5 Å². The summed E-state index contributed by atoms with van der Waals surface area (Å²) in [5, 5.41) is 0. The average Bonchev–Trinajstić information content (AvgIpc) is 3.41. The van der Waals surface area contributed by atoms with Gasteiger partial charge in [-0.05, 0) is 49.5 Å². The van der Waals surface area contributed by atoms with E-state index in [2.05, 4.69) is 26.8 Å². The van der Waals surface area contributed by atoms with Crippen LogP contribution in [0.3, 0.4) is 0 Å². The van der Waals surface area contributed by atoms with Crippen molar-refractivity contribution in [3.05, 3.63) is 23.8 Å². The number of carbonyl (C=O) groups excluding carboxylic acids is 1. The zero-order chi connectivity index (χ0) is 19.4. The predicted octanol–water partition coefficient (Wildman–Crippen LogP) is 1.14. The van der Waals surface area contributed by atoms with Gasteiger partial charge >= 0.3 is 0 Å². The minimum atomic E-state index is 0.291. The maximum absolute atomic E-state index is 13.4. The second-order valence-corrected chi connectivity index (χ2v) is 9.01. The number of piperidine rings is 3. The van der Waals surface area contributed by atoms with Crippen molar-refractivity contribution >= 4 is 5.91 Å². The summed E-state index contributed by atoms with van der Waals surface area (Å²) in [6, 6.07) is 7.12. The fourth-order valence-electron chi connectivity index (χ4n) is 6.18. The van der Waals surface area contributed by atoms with E-state index in [1.165, 1.54) is 31.5 Å². The van der Waals surface area contributed by atoms with Crippen LogP contribution in [-0.2, 0) is 9.53 Å². The molecule has 1 aromatic rings. The molecule has 156 valence electrons. The van der Waals surface area contributed by atoms with Crippen molar-refractivity contribution in [1.82, 2.24) is 14.7 Å². The number of carbonyl (C=O) groups is 1.